The van der Waals surface area contributed by atoms with Crippen molar-refractivity contribution in [1.29, 1.82) is 0 Å². The molecule has 1 aliphatic rings. The van der Waals surface area contributed by atoms with E-state index in [1.165, 1.54) is 11.7 Å². The topological polar surface area (TPSA) is 140 Å². The van der Waals surface area contributed by atoms with E-state index in [0.717, 1.165) is 5.56 Å². The van der Waals surface area contributed by atoms with Crippen LogP contribution in [-0.4, -0.2) is 51.9 Å². The zero-order valence-corrected chi connectivity index (χ0v) is 15.8. The number of methoxy groups -OCH3 is 1. The Morgan fingerprint density at radius 1 is 1.30 bits per heavy atom. The summed E-state index contributed by atoms with van der Waals surface area (Å²) < 4.78 is 12.2. The van der Waals surface area contributed by atoms with Crippen molar-refractivity contribution in [1.82, 2.24) is 14.9 Å². The average molecular weight is 411 g/mol. The van der Waals surface area contributed by atoms with Crippen LogP contribution < -0.4 is 20.3 Å². The number of aromatic hydroxyl groups is 1. The number of nitrogens with zero attached hydrogens (tertiary/aromatic N) is 2. The number of hydrogen-bond donors (Lipinski definition) is 3. The number of benzene rings is 1. The standard InChI is InChI=1S/C20H17N3O7/c1-29-13-5-2-10(8-21-13)11-3-4-12-16-18(11)30-7-6-23(16)20(28)15(17(12)26)19(27)22-9-14(24)25/h2-5,8,26H,6-7,9H2,1H3,(H,22,27)(H,24,25). The lowest BCUT2D eigenvalue weighted by molar-refractivity contribution is -0.135. The first-order valence-electron chi connectivity index (χ1n) is 8.98. The Hall–Kier alpha value is -4.08. The molecule has 0 saturated carbocycles. The zero-order valence-electron chi connectivity index (χ0n) is 15.8. The molecule has 3 N–H and O–H groups in total. The van der Waals surface area contributed by atoms with Gasteiger partial charge in [-0.2, -0.15) is 0 Å². The second kappa shape index (κ2) is 7.39. The van der Waals surface area contributed by atoms with Gasteiger partial charge in [0.1, 0.15) is 24.5 Å². The SMILES string of the molecule is COc1ccc(-c2ccc3c(O)c(C(=O)NCC(=O)O)c(=O)n4c3c2OCC4)cn1. The van der Waals surface area contributed by atoms with Crippen molar-refractivity contribution in [2.45, 2.75) is 6.54 Å². The maximum atomic E-state index is 12.9. The molecule has 4 rings (SSSR count). The van der Waals surface area contributed by atoms with E-state index in [-0.39, 0.29) is 18.5 Å². The molecule has 0 unspecified atom stereocenters. The number of carboxylic acid groups (broad SMARTS) is 1. The first-order chi connectivity index (χ1) is 14.4. The minimum Gasteiger partial charge on any atom is -0.506 e. The molecule has 1 aliphatic heterocycles. The Labute approximate surface area is 169 Å². The summed E-state index contributed by atoms with van der Waals surface area (Å²) >= 11 is 0. The highest BCUT2D eigenvalue weighted by molar-refractivity contribution is 6.05. The van der Waals surface area contributed by atoms with Crippen molar-refractivity contribution in [2.75, 3.05) is 20.3 Å². The van der Waals surface area contributed by atoms with E-state index >= 15 is 0 Å². The Morgan fingerprint density at radius 3 is 2.77 bits per heavy atom. The summed E-state index contributed by atoms with van der Waals surface area (Å²) in [6.07, 6.45) is 1.60. The summed E-state index contributed by atoms with van der Waals surface area (Å²) in [6.45, 7) is -0.316. The van der Waals surface area contributed by atoms with Gasteiger partial charge < -0.3 is 29.6 Å². The maximum absolute atomic E-state index is 12.9. The van der Waals surface area contributed by atoms with Gasteiger partial charge >= 0.3 is 5.97 Å². The van der Waals surface area contributed by atoms with Gasteiger partial charge in [-0.3, -0.25) is 14.4 Å². The van der Waals surface area contributed by atoms with Crippen molar-refractivity contribution in [3.63, 3.8) is 0 Å². The fraction of sp³-hybridized carbons (Fsp3) is 0.200. The number of pyridine rings is 2. The summed E-state index contributed by atoms with van der Waals surface area (Å²) in [5, 5.41) is 21.8. The van der Waals surface area contributed by atoms with Gasteiger partial charge in [0.15, 0.2) is 5.75 Å². The molecule has 0 spiro atoms. The third kappa shape index (κ3) is 3.08. The summed E-state index contributed by atoms with van der Waals surface area (Å²) in [5.41, 5.74) is 0.504. The quantitative estimate of drug-likeness (QED) is 0.565. The molecule has 0 radical (unpaired) electrons. The third-order valence-electron chi connectivity index (χ3n) is 4.80. The lowest BCUT2D eigenvalue weighted by atomic mass is 10.0. The number of rotatable bonds is 5. The molecule has 3 heterocycles. The predicted octanol–water partition coefficient (Wildman–Crippen LogP) is 0.984. The molecule has 0 saturated heterocycles. The first kappa shape index (κ1) is 19.2. The molecule has 0 bridgehead atoms. The van der Waals surface area contributed by atoms with Crippen LogP contribution in [0.2, 0.25) is 0 Å². The Morgan fingerprint density at radius 2 is 2.10 bits per heavy atom. The minimum atomic E-state index is -1.27. The molecule has 0 fully saturated rings. The van der Waals surface area contributed by atoms with Crippen LogP contribution in [0.25, 0.3) is 22.0 Å². The number of aliphatic carboxylic acids is 1. The zero-order chi connectivity index (χ0) is 21.4. The highest BCUT2D eigenvalue weighted by Crippen LogP contribution is 2.41. The number of hydrogen-bond acceptors (Lipinski definition) is 7. The number of carbonyl (C=O) groups excluding carboxylic acids is 1. The maximum Gasteiger partial charge on any atom is 0.322 e. The number of ether oxygens (including phenoxy) is 2. The van der Waals surface area contributed by atoms with Gasteiger partial charge in [-0.1, -0.05) is 0 Å². The number of aromatic nitrogens is 2. The van der Waals surface area contributed by atoms with E-state index < -0.39 is 35.3 Å². The van der Waals surface area contributed by atoms with Crippen LogP contribution in [0, 0.1) is 0 Å². The summed E-state index contributed by atoms with van der Waals surface area (Å²) in [4.78, 5) is 40.2. The smallest absolute Gasteiger partial charge is 0.322 e. The van der Waals surface area contributed by atoms with Crippen molar-refractivity contribution >= 4 is 22.8 Å². The van der Waals surface area contributed by atoms with Crippen molar-refractivity contribution < 1.29 is 29.3 Å². The molecule has 0 aliphatic carbocycles. The number of carboxylic acids is 1. The number of nitrogens with one attached hydrogen (secondary N) is 1. The van der Waals surface area contributed by atoms with E-state index in [9.17, 15) is 19.5 Å². The van der Waals surface area contributed by atoms with Crippen LogP contribution >= 0.6 is 0 Å². The molecule has 10 heteroatoms. The molecule has 30 heavy (non-hydrogen) atoms. The van der Waals surface area contributed by atoms with Gasteiger partial charge in [-0.25, -0.2) is 4.98 Å². The van der Waals surface area contributed by atoms with E-state index in [1.54, 1.807) is 30.5 Å². The second-order valence-electron chi connectivity index (χ2n) is 6.53. The van der Waals surface area contributed by atoms with E-state index in [0.29, 0.717) is 22.7 Å². The Kier molecular flexibility index (Phi) is 4.74. The van der Waals surface area contributed by atoms with Crippen molar-refractivity contribution in [2.24, 2.45) is 0 Å². The molecule has 1 amide bonds. The predicted molar refractivity (Wildman–Crippen MR) is 105 cm³/mol. The van der Waals surface area contributed by atoms with Crippen molar-refractivity contribution in [3.8, 4) is 28.5 Å². The summed E-state index contributed by atoms with van der Waals surface area (Å²) in [6, 6.07) is 6.75. The van der Waals surface area contributed by atoms with Gasteiger partial charge in [0.25, 0.3) is 11.5 Å². The third-order valence-corrected chi connectivity index (χ3v) is 4.80. The highest BCUT2D eigenvalue weighted by Gasteiger charge is 2.27. The summed E-state index contributed by atoms with van der Waals surface area (Å²) in [7, 11) is 1.51. The van der Waals surface area contributed by atoms with Crippen LogP contribution in [0.3, 0.4) is 0 Å². The minimum absolute atomic E-state index is 0.173. The first-order valence-corrected chi connectivity index (χ1v) is 8.98. The molecular formula is C20H17N3O7. The van der Waals surface area contributed by atoms with Gasteiger partial charge in [0.05, 0.1) is 19.2 Å². The number of amides is 1. The lowest BCUT2D eigenvalue weighted by Gasteiger charge is -2.24. The van der Waals surface area contributed by atoms with Crippen LogP contribution in [0.5, 0.6) is 17.4 Å². The van der Waals surface area contributed by atoms with E-state index in [1.807, 2.05) is 0 Å². The largest absolute Gasteiger partial charge is 0.506 e. The van der Waals surface area contributed by atoms with Crippen LogP contribution in [-0.2, 0) is 11.3 Å². The number of carbonyl (C=O) groups is 2. The van der Waals surface area contributed by atoms with Crippen LogP contribution in [0.4, 0.5) is 0 Å². The molecule has 154 valence electrons. The second-order valence-corrected chi connectivity index (χ2v) is 6.53. The fourth-order valence-corrected chi connectivity index (χ4v) is 3.44. The van der Waals surface area contributed by atoms with E-state index in [2.05, 4.69) is 10.3 Å². The van der Waals surface area contributed by atoms with Crippen LogP contribution in [0.15, 0.2) is 35.3 Å². The van der Waals surface area contributed by atoms with Gasteiger partial charge in [-0.05, 0) is 18.2 Å². The monoisotopic (exact) mass is 411 g/mol. The molecular weight excluding hydrogens is 394 g/mol. The van der Waals surface area contributed by atoms with Gasteiger partial charge in [0, 0.05) is 28.8 Å². The van der Waals surface area contributed by atoms with Crippen LogP contribution in [0.1, 0.15) is 10.4 Å². The average Bonchev–Trinajstić information content (AvgIpc) is 2.75. The Bertz CT molecular complexity index is 1230. The molecule has 0 atom stereocenters. The highest BCUT2D eigenvalue weighted by atomic mass is 16.5. The van der Waals surface area contributed by atoms with Crippen molar-refractivity contribution in [3.05, 3.63) is 46.4 Å². The molecule has 3 aromatic rings. The fourth-order valence-electron chi connectivity index (χ4n) is 3.44. The Balaban J connectivity index is 1.91. The summed E-state index contributed by atoms with van der Waals surface area (Å²) in [5.74, 6) is -1.92. The molecule has 2 aromatic heterocycles. The van der Waals surface area contributed by atoms with E-state index in [4.69, 9.17) is 14.6 Å². The van der Waals surface area contributed by atoms with Gasteiger partial charge in [0.2, 0.25) is 5.88 Å². The van der Waals surface area contributed by atoms with Gasteiger partial charge in [-0.15, -0.1) is 0 Å². The molecule has 10 nitrogen and oxygen atoms in total. The normalized spacial score (nSPS) is 12.3. The molecule has 1 aromatic carbocycles. The lowest BCUT2D eigenvalue weighted by Crippen LogP contribution is -2.37.